The van der Waals surface area contributed by atoms with Crippen LogP contribution in [-0.2, 0) is 0 Å². The van der Waals surface area contributed by atoms with Crippen LogP contribution in [-0.4, -0.2) is 28.8 Å². The maximum absolute atomic E-state index is 13.5. The molecule has 1 unspecified atom stereocenters. The summed E-state index contributed by atoms with van der Waals surface area (Å²) in [6.07, 6.45) is 12.5. The molecule has 0 N–H and O–H groups in total. The Morgan fingerprint density at radius 3 is 1.94 bits per heavy atom. The summed E-state index contributed by atoms with van der Waals surface area (Å²) in [6, 6.07) is 7.54. The van der Waals surface area contributed by atoms with Gasteiger partial charge in [-0.1, -0.05) is 64.6 Å². The topological polar surface area (TPSA) is 20.3 Å². The van der Waals surface area contributed by atoms with E-state index in [1.54, 1.807) is 37.3 Å². The van der Waals surface area contributed by atoms with Crippen molar-refractivity contribution in [3.8, 4) is 0 Å². The third-order valence-electron chi connectivity index (χ3n) is 6.64. The molecule has 0 aromatic heterocycles. The molecule has 2 fully saturated rings. The molecule has 1 atom stereocenters. The molecular formula is C30H44F3NO. The third-order valence-corrected chi connectivity index (χ3v) is 6.64. The van der Waals surface area contributed by atoms with Crippen LogP contribution in [0.1, 0.15) is 102 Å². The van der Waals surface area contributed by atoms with Crippen LogP contribution in [0.2, 0.25) is 0 Å². The Kier molecular flexibility index (Phi) is 13.1. The Labute approximate surface area is 211 Å². The minimum Gasteiger partial charge on any atom is -0.333 e. The third kappa shape index (κ3) is 10.1. The van der Waals surface area contributed by atoms with Crippen molar-refractivity contribution in [2.45, 2.75) is 104 Å². The van der Waals surface area contributed by atoms with Crippen molar-refractivity contribution in [1.82, 2.24) is 4.90 Å². The molecule has 1 amide bonds. The smallest absolute Gasteiger partial charge is 0.254 e. The molecule has 0 spiro atoms. The molecule has 3 rings (SSSR count). The number of halogens is 3. The highest BCUT2D eigenvalue weighted by molar-refractivity contribution is 5.95. The fourth-order valence-electron chi connectivity index (χ4n) is 4.12. The molecular weight excluding hydrogens is 447 g/mol. The van der Waals surface area contributed by atoms with E-state index in [2.05, 4.69) is 18.4 Å². The van der Waals surface area contributed by atoms with Gasteiger partial charge in [0.15, 0.2) is 0 Å². The molecule has 2 nitrogen and oxygen atoms in total. The van der Waals surface area contributed by atoms with Crippen LogP contribution in [0, 0.1) is 5.92 Å². The van der Waals surface area contributed by atoms with Gasteiger partial charge in [0.25, 0.3) is 11.8 Å². The summed E-state index contributed by atoms with van der Waals surface area (Å²) >= 11 is 0. The lowest BCUT2D eigenvalue weighted by atomic mass is 9.86. The summed E-state index contributed by atoms with van der Waals surface area (Å²) in [4.78, 5) is 15.2. The molecule has 2 aliphatic rings. The molecule has 1 aromatic rings. The lowest BCUT2D eigenvalue weighted by Crippen LogP contribution is -2.43. The predicted octanol–water partition coefficient (Wildman–Crippen LogP) is 9.26. The van der Waals surface area contributed by atoms with Gasteiger partial charge in [-0.05, 0) is 82.1 Å². The number of amides is 1. The number of hydrogen-bond acceptors (Lipinski definition) is 1. The van der Waals surface area contributed by atoms with E-state index in [0.717, 1.165) is 38.5 Å². The zero-order valence-corrected chi connectivity index (χ0v) is 22.4. The highest BCUT2D eigenvalue weighted by Gasteiger charge is 2.39. The first kappa shape index (κ1) is 30.7. The molecule has 35 heavy (non-hydrogen) atoms. The first-order valence-corrected chi connectivity index (χ1v) is 13.0. The van der Waals surface area contributed by atoms with E-state index in [1.165, 1.54) is 38.0 Å². The number of benzene rings is 1. The Morgan fingerprint density at radius 2 is 1.54 bits per heavy atom. The molecule has 5 heteroatoms. The molecule has 0 radical (unpaired) electrons. The first-order valence-electron chi connectivity index (χ1n) is 13.0. The van der Waals surface area contributed by atoms with E-state index in [-0.39, 0.29) is 11.7 Å². The van der Waals surface area contributed by atoms with Crippen LogP contribution in [0.3, 0.4) is 0 Å². The van der Waals surface area contributed by atoms with E-state index in [9.17, 15) is 18.0 Å². The normalized spacial score (nSPS) is 21.2. The molecule has 1 aromatic carbocycles. The average Bonchev–Trinajstić information content (AvgIpc) is 3.69. The van der Waals surface area contributed by atoms with Gasteiger partial charge >= 0.3 is 0 Å². The van der Waals surface area contributed by atoms with Crippen molar-refractivity contribution in [2.24, 2.45) is 5.92 Å². The van der Waals surface area contributed by atoms with E-state index in [4.69, 9.17) is 0 Å². The maximum atomic E-state index is 13.5. The number of allylic oxidation sites excluding steroid dienone is 5. The zero-order valence-electron chi connectivity index (χ0n) is 22.4. The highest BCUT2D eigenvalue weighted by Crippen LogP contribution is 2.37. The second-order valence-electron chi connectivity index (χ2n) is 9.43. The van der Waals surface area contributed by atoms with Crippen LogP contribution in [0.5, 0.6) is 0 Å². The quantitative estimate of drug-likeness (QED) is 0.348. The fourth-order valence-corrected chi connectivity index (χ4v) is 4.12. The Balaban J connectivity index is 0.000000523. The SMILES string of the molecule is C=C/C=C\C(F)=C/C.CC.CC1CCC(N(C(=O)c2ccc(C(C)C(C)(F)F)cc2)C2CC2)CC1. The molecule has 0 aliphatic heterocycles. The summed E-state index contributed by atoms with van der Waals surface area (Å²) < 4.78 is 39.1. The monoisotopic (exact) mass is 491 g/mol. The Morgan fingerprint density at radius 1 is 1.06 bits per heavy atom. The molecule has 2 saturated carbocycles. The Hall–Kier alpha value is -2.30. The van der Waals surface area contributed by atoms with E-state index < -0.39 is 11.8 Å². The maximum Gasteiger partial charge on any atom is 0.254 e. The van der Waals surface area contributed by atoms with Gasteiger partial charge in [-0.15, -0.1) is 0 Å². The largest absolute Gasteiger partial charge is 0.333 e. The van der Waals surface area contributed by atoms with Crippen molar-refractivity contribution in [2.75, 3.05) is 0 Å². The summed E-state index contributed by atoms with van der Waals surface area (Å²) in [5.74, 6) is -3.01. The summed E-state index contributed by atoms with van der Waals surface area (Å²) in [5, 5.41) is 0. The van der Waals surface area contributed by atoms with E-state index in [0.29, 0.717) is 23.2 Å². The second kappa shape index (κ2) is 15.0. The van der Waals surface area contributed by atoms with Crippen molar-refractivity contribution < 1.29 is 18.0 Å². The summed E-state index contributed by atoms with van der Waals surface area (Å²) in [6.45, 7) is 13.8. The highest BCUT2D eigenvalue weighted by atomic mass is 19.3. The zero-order chi connectivity index (χ0) is 26.6. The summed E-state index contributed by atoms with van der Waals surface area (Å²) in [5.41, 5.74) is 1.20. The van der Waals surface area contributed by atoms with E-state index in [1.807, 2.05) is 13.8 Å². The van der Waals surface area contributed by atoms with Gasteiger partial charge in [0.1, 0.15) is 5.83 Å². The number of rotatable bonds is 7. The standard InChI is InChI=1S/C21H29F2NO.C7H9F.C2H6/c1-14-4-10-18(11-5-14)24(19-12-13-19)20(25)17-8-6-16(7-9-17)15(2)21(3,22)23;1-3-5-6-7(8)4-2;1-2/h6-9,14-15,18-19H,4-5,10-13H2,1-3H3;3-6H,1H2,2H3;1-2H3/b;6-5-,7-4+;. The van der Waals surface area contributed by atoms with Gasteiger partial charge in [0.2, 0.25) is 0 Å². The van der Waals surface area contributed by atoms with Crippen LogP contribution >= 0.6 is 0 Å². The number of carbonyl (C=O) groups excluding carboxylic acids is 1. The van der Waals surface area contributed by atoms with Gasteiger partial charge in [-0.2, -0.15) is 0 Å². The van der Waals surface area contributed by atoms with Gasteiger partial charge in [-0.3, -0.25) is 4.79 Å². The number of hydrogen-bond donors (Lipinski definition) is 0. The molecule has 196 valence electrons. The number of nitrogens with zero attached hydrogens (tertiary/aromatic N) is 1. The van der Waals surface area contributed by atoms with Crippen molar-refractivity contribution in [3.63, 3.8) is 0 Å². The van der Waals surface area contributed by atoms with Crippen molar-refractivity contribution in [3.05, 3.63) is 72.1 Å². The van der Waals surface area contributed by atoms with Crippen LogP contribution in [0.4, 0.5) is 13.2 Å². The number of carbonyl (C=O) groups is 1. The minimum absolute atomic E-state index is 0.0736. The molecule has 0 saturated heterocycles. The minimum atomic E-state index is -2.76. The summed E-state index contributed by atoms with van der Waals surface area (Å²) in [7, 11) is 0. The van der Waals surface area contributed by atoms with Gasteiger partial charge < -0.3 is 4.90 Å². The predicted molar refractivity (Wildman–Crippen MR) is 142 cm³/mol. The van der Waals surface area contributed by atoms with Gasteiger partial charge in [-0.25, -0.2) is 13.2 Å². The lowest BCUT2D eigenvalue weighted by Gasteiger charge is -2.36. The van der Waals surface area contributed by atoms with Crippen molar-refractivity contribution >= 4 is 5.91 Å². The molecule has 2 aliphatic carbocycles. The van der Waals surface area contributed by atoms with Crippen LogP contribution < -0.4 is 0 Å². The average molecular weight is 492 g/mol. The van der Waals surface area contributed by atoms with Crippen LogP contribution in [0.15, 0.2) is 61.0 Å². The first-order chi connectivity index (χ1) is 16.6. The van der Waals surface area contributed by atoms with Gasteiger partial charge in [0, 0.05) is 23.6 Å². The van der Waals surface area contributed by atoms with Gasteiger partial charge in [0.05, 0.1) is 0 Å². The molecule has 0 bridgehead atoms. The van der Waals surface area contributed by atoms with E-state index >= 15 is 0 Å². The van der Waals surface area contributed by atoms with Crippen molar-refractivity contribution in [1.29, 1.82) is 0 Å². The Bertz CT molecular complexity index is 826. The fraction of sp³-hybridized carbons (Fsp3) is 0.567. The lowest BCUT2D eigenvalue weighted by molar-refractivity contribution is -0.00222. The molecule has 0 heterocycles. The second-order valence-corrected chi connectivity index (χ2v) is 9.43. The van der Waals surface area contributed by atoms with Crippen LogP contribution in [0.25, 0.3) is 0 Å². The number of alkyl halides is 2.